The molecule has 0 spiro atoms. The summed E-state index contributed by atoms with van der Waals surface area (Å²) in [6, 6.07) is 3.70. The number of methoxy groups -OCH3 is 1. The average molecular weight is 376 g/mol. The molecule has 0 radical (unpaired) electrons. The smallest absolute Gasteiger partial charge is 0.254 e. The van der Waals surface area contributed by atoms with Gasteiger partial charge in [0.05, 0.1) is 12.7 Å². The molecule has 1 aliphatic rings. The van der Waals surface area contributed by atoms with Crippen LogP contribution in [0, 0.1) is 18.6 Å². The van der Waals surface area contributed by atoms with E-state index in [0.717, 1.165) is 37.3 Å². The Bertz CT molecular complexity index is 823. The van der Waals surface area contributed by atoms with Gasteiger partial charge in [-0.25, -0.2) is 13.8 Å². The first-order valence-electron chi connectivity index (χ1n) is 8.87. The largest absolute Gasteiger partial charge is 0.481 e. The maximum atomic E-state index is 13.7. The highest BCUT2D eigenvalue weighted by molar-refractivity contribution is 5.94. The van der Waals surface area contributed by atoms with E-state index in [2.05, 4.69) is 20.6 Å². The Morgan fingerprint density at radius 3 is 2.59 bits per heavy atom. The van der Waals surface area contributed by atoms with Gasteiger partial charge in [-0.3, -0.25) is 4.79 Å². The molecule has 2 aromatic rings. The highest BCUT2D eigenvalue weighted by Gasteiger charge is 2.25. The number of carbonyl (C=O) groups excluding carboxylic acids is 1. The molecular weight excluding hydrogens is 354 g/mol. The van der Waals surface area contributed by atoms with E-state index in [0.29, 0.717) is 11.8 Å². The number of carbonyl (C=O) groups is 1. The predicted molar refractivity (Wildman–Crippen MR) is 96.8 cm³/mol. The predicted octanol–water partition coefficient (Wildman–Crippen LogP) is 3.22. The van der Waals surface area contributed by atoms with Crippen molar-refractivity contribution in [3.8, 4) is 5.88 Å². The van der Waals surface area contributed by atoms with E-state index in [4.69, 9.17) is 4.74 Å². The average Bonchev–Trinajstić information content (AvgIpc) is 2.67. The van der Waals surface area contributed by atoms with Crippen molar-refractivity contribution in [2.24, 2.45) is 0 Å². The van der Waals surface area contributed by atoms with Gasteiger partial charge in [0.1, 0.15) is 0 Å². The van der Waals surface area contributed by atoms with Crippen molar-refractivity contribution in [3.63, 3.8) is 0 Å². The van der Waals surface area contributed by atoms with E-state index in [-0.39, 0.29) is 17.6 Å². The van der Waals surface area contributed by atoms with Crippen molar-refractivity contribution in [1.82, 2.24) is 15.3 Å². The minimum absolute atomic E-state index is 0.0771. The molecule has 2 N–H and O–H groups in total. The lowest BCUT2D eigenvalue weighted by atomic mass is 9.91. The van der Waals surface area contributed by atoms with E-state index >= 15 is 0 Å². The summed E-state index contributed by atoms with van der Waals surface area (Å²) in [6.45, 7) is 1.87. The van der Waals surface area contributed by atoms with Crippen molar-refractivity contribution in [2.75, 3.05) is 12.4 Å². The van der Waals surface area contributed by atoms with E-state index in [1.165, 1.54) is 12.1 Å². The number of amides is 1. The molecule has 1 amide bonds. The van der Waals surface area contributed by atoms with Gasteiger partial charge in [0.15, 0.2) is 11.6 Å². The number of halogens is 2. The van der Waals surface area contributed by atoms with Crippen molar-refractivity contribution in [2.45, 2.75) is 44.7 Å². The van der Waals surface area contributed by atoms with E-state index < -0.39 is 17.5 Å². The summed E-state index contributed by atoms with van der Waals surface area (Å²) < 4.78 is 32.2. The molecule has 0 atom stereocenters. The molecule has 1 aromatic carbocycles. The second-order valence-electron chi connectivity index (χ2n) is 6.65. The normalized spacial score (nSPS) is 19.4. The Balaban J connectivity index is 1.53. The first-order chi connectivity index (χ1) is 13.0. The number of benzene rings is 1. The monoisotopic (exact) mass is 376 g/mol. The fourth-order valence-corrected chi connectivity index (χ4v) is 3.21. The topological polar surface area (TPSA) is 76.1 Å². The Labute approximate surface area is 156 Å². The molecule has 1 aromatic heterocycles. The molecule has 0 bridgehead atoms. The molecular formula is C19H22F2N4O2. The van der Waals surface area contributed by atoms with Gasteiger partial charge < -0.3 is 15.4 Å². The Morgan fingerprint density at radius 2 is 1.89 bits per heavy atom. The number of aromatic nitrogens is 2. The molecule has 0 aliphatic heterocycles. The third-order valence-corrected chi connectivity index (χ3v) is 4.71. The molecule has 8 heteroatoms. The fourth-order valence-electron chi connectivity index (χ4n) is 3.21. The van der Waals surface area contributed by atoms with Crippen LogP contribution in [-0.2, 0) is 0 Å². The molecule has 0 unspecified atom stereocenters. The van der Waals surface area contributed by atoms with Gasteiger partial charge in [0.25, 0.3) is 5.91 Å². The highest BCUT2D eigenvalue weighted by Crippen LogP contribution is 2.23. The molecule has 1 fully saturated rings. The van der Waals surface area contributed by atoms with Crippen LogP contribution in [0.3, 0.4) is 0 Å². The zero-order chi connectivity index (χ0) is 19.4. The summed E-state index contributed by atoms with van der Waals surface area (Å²) in [6.07, 6.45) is 4.76. The van der Waals surface area contributed by atoms with Crippen LogP contribution in [0.15, 0.2) is 24.4 Å². The summed E-state index contributed by atoms with van der Waals surface area (Å²) in [5.41, 5.74) is 0.592. The highest BCUT2D eigenvalue weighted by atomic mass is 19.2. The van der Waals surface area contributed by atoms with Crippen molar-refractivity contribution in [3.05, 3.63) is 47.2 Å². The molecule has 0 saturated heterocycles. The van der Waals surface area contributed by atoms with Crippen LogP contribution in [0.1, 0.15) is 41.6 Å². The second-order valence-corrected chi connectivity index (χ2v) is 6.65. The van der Waals surface area contributed by atoms with Crippen molar-refractivity contribution >= 4 is 11.9 Å². The summed E-state index contributed by atoms with van der Waals surface area (Å²) in [5.74, 6) is -1.69. The van der Waals surface area contributed by atoms with Crippen LogP contribution in [0.2, 0.25) is 0 Å². The second kappa shape index (κ2) is 8.28. The van der Waals surface area contributed by atoms with Gasteiger partial charge in [-0.05, 0) is 44.7 Å². The van der Waals surface area contributed by atoms with Gasteiger partial charge in [0.2, 0.25) is 11.8 Å². The van der Waals surface area contributed by atoms with Crippen molar-refractivity contribution < 1.29 is 18.3 Å². The first-order valence-corrected chi connectivity index (χ1v) is 8.87. The number of nitrogens with one attached hydrogen (secondary N) is 2. The van der Waals surface area contributed by atoms with Gasteiger partial charge in [-0.2, -0.15) is 4.98 Å². The maximum Gasteiger partial charge on any atom is 0.254 e. The third kappa shape index (κ3) is 4.50. The van der Waals surface area contributed by atoms with Crippen LogP contribution < -0.4 is 15.4 Å². The van der Waals surface area contributed by atoms with E-state index in [1.54, 1.807) is 13.3 Å². The van der Waals surface area contributed by atoms with Gasteiger partial charge in [-0.1, -0.05) is 6.07 Å². The van der Waals surface area contributed by atoms with Crippen molar-refractivity contribution in [1.29, 1.82) is 0 Å². The van der Waals surface area contributed by atoms with Crippen LogP contribution >= 0.6 is 0 Å². The minimum Gasteiger partial charge on any atom is -0.481 e. The zero-order valence-electron chi connectivity index (χ0n) is 15.3. The number of rotatable bonds is 5. The number of ether oxygens (including phenoxy) is 1. The van der Waals surface area contributed by atoms with E-state index in [9.17, 15) is 13.6 Å². The van der Waals surface area contributed by atoms with Gasteiger partial charge in [0, 0.05) is 23.8 Å². The quantitative estimate of drug-likeness (QED) is 0.838. The minimum atomic E-state index is -1.11. The molecule has 1 saturated carbocycles. The first kappa shape index (κ1) is 19.0. The molecule has 6 nitrogen and oxygen atoms in total. The standard InChI is InChI=1S/C19H22F2N4O2/c1-11-10-22-19(25-18(11)27-2)24-13-8-6-12(7-9-13)23-17(26)14-4-3-5-15(20)16(14)21/h3-5,10,12-13H,6-9H2,1-2H3,(H,23,26)(H,22,24,25). The SMILES string of the molecule is COc1nc(NC2CCC(NC(=O)c3cccc(F)c3F)CC2)ncc1C. The summed E-state index contributed by atoms with van der Waals surface area (Å²) in [5, 5.41) is 6.07. The number of hydrogen-bond donors (Lipinski definition) is 2. The lowest BCUT2D eigenvalue weighted by Crippen LogP contribution is -2.40. The lowest BCUT2D eigenvalue weighted by Gasteiger charge is -2.29. The Kier molecular flexibility index (Phi) is 5.83. The number of nitrogens with zero attached hydrogens (tertiary/aromatic N) is 2. The Morgan fingerprint density at radius 1 is 1.19 bits per heavy atom. The molecule has 144 valence electrons. The molecule has 1 aliphatic carbocycles. The lowest BCUT2D eigenvalue weighted by molar-refractivity contribution is 0.0921. The Hall–Kier alpha value is -2.77. The van der Waals surface area contributed by atoms with Gasteiger partial charge >= 0.3 is 0 Å². The summed E-state index contributed by atoms with van der Waals surface area (Å²) >= 11 is 0. The molecule has 3 rings (SSSR count). The van der Waals surface area contributed by atoms with Crippen LogP contribution in [-0.4, -0.2) is 35.1 Å². The maximum absolute atomic E-state index is 13.7. The zero-order valence-corrected chi connectivity index (χ0v) is 15.3. The number of hydrogen-bond acceptors (Lipinski definition) is 5. The van der Waals surface area contributed by atoms with Gasteiger partial charge in [-0.15, -0.1) is 0 Å². The van der Waals surface area contributed by atoms with Crippen LogP contribution in [0.4, 0.5) is 14.7 Å². The van der Waals surface area contributed by atoms with Crippen LogP contribution in [0.5, 0.6) is 5.88 Å². The van der Waals surface area contributed by atoms with Crippen LogP contribution in [0.25, 0.3) is 0 Å². The third-order valence-electron chi connectivity index (χ3n) is 4.71. The molecule has 1 heterocycles. The number of aryl methyl sites for hydroxylation is 1. The fraction of sp³-hybridized carbons (Fsp3) is 0.421. The number of anilines is 1. The van der Waals surface area contributed by atoms with E-state index in [1.807, 2.05) is 6.92 Å². The summed E-state index contributed by atoms with van der Waals surface area (Å²) in [4.78, 5) is 20.8. The summed E-state index contributed by atoms with van der Waals surface area (Å²) in [7, 11) is 1.56. The molecule has 27 heavy (non-hydrogen) atoms.